The van der Waals surface area contributed by atoms with Gasteiger partial charge in [0.2, 0.25) is 0 Å². The third-order valence-corrected chi connectivity index (χ3v) is 6.25. The minimum absolute atomic E-state index is 0.0896. The molecule has 0 aromatic heterocycles. The van der Waals surface area contributed by atoms with E-state index in [0.717, 1.165) is 16.5 Å². The molecule has 1 unspecified atom stereocenters. The maximum absolute atomic E-state index is 13.3. The van der Waals surface area contributed by atoms with E-state index in [1.165, 1.54) is 5.56 Å². The average molecular weight is 481 g/mol. The Morgan fingerprint density at radius 2 is 1.50 bits per heavy atom. The number of nitrogens with zero attached hydrogens (tertiary/aromatic N) is 1. The monoisotopic (exact) mass is 480 g/mol. The van der Waals surface area contributed by atoms with E-state index in [1.54, 1.807) is 36.1 Å². The van der Waals surface area contributed by atoms with Gasteiger partial charge < -0.3 is 15.0 Å². The maximum atomic E-state index is 13.3. The van der Waals surface area contributed by atoms with Crippen molar-refractivity contribution in [3.8, 4) is 5.75 Å². The molecule has 0 bridgehead atoms. The Hall–Kier alpha value is -4.12. The molecule has 0 saturated heterocycles. The standard InChI is InChI=1S/C31H32N2O3/c1-5-33(29-12-8-10-24-9-6-7-11-28(24)29)31(35)25-13-17-26(18-14-25)32-30(34)22(4)36-27-19-15-23(16-20-27)21(2)3/h6-22H,5H2,1-4H3,(H,32,34). The fourth-order valence-electron chi connectivity index (χ4n) is 4.15. The van der Waals surface area contributed by atoms with E-state index >= 15 is 0 Å². The number of fused-ring (bicyclic) bond motifs is 1. The van der Waals surface area contributed by atoms with Gasteiger partial charge in [-0.1, -0.05) is 62.4 Å². The molecule has 4 aromatic rings. The molecule has 184 valence electrons. The third kappa shape index (κ3) is 5.57. The zero-order valence-corrected chi connectivity index (χ0v) is 21.2. The van der Waals surface area contributed by atoms with Crippen LogP contribution in [0.5, 0.6) is 5.75 Å². The first-order valence-electron chi connectivity index (χ1n) is 12.3. The summed E-state index contributed by atoms with van der Waals surface area (Å²) >= 11 is 0. The van der Waals surface area contributed by atoms with Gasteiger partial charge in [0, 0.05) is 23.2 Å². The van der Waals surface area contributed by atoms with E-state index in [4.69, 9.17) is 4.74 Å². The lowest BCUT2D eigenvalue weighted by atomic mass is 10.0. The molecule has 0 aliphatic heterocycles. The first kappa shape index (κ1) is 25.0. The van der Waals surface area contributed by atoms with Gasteiger partial charge in [-0.15, -0.1) is 0 Å². The van der Waals surface area contributed by atoms with Crippen LogP contribution in [0.3, 0.4) is 0 Å². The lowest BCUT2D eigenvalue weighted by molar-refractivity contribution is -0.122. The highest BCUT2D eigenvalue weighted by molar-refractivity contribution is 6.11. The van der Waals surface area contributed by atoms with Crippen LogP contribution in [0.15, 0.2) is 91.0 Å². The SMILES string of the molecule is CCN(C(=O)c1ccc(NC(=O)C(C)Oc2ccc(C(C)C)cc2)cc1)c1cccc2ccccc12. The molecule has 4 rings (SSSR count). The first-order chi connectivity index (χ1) is 17.4. The second kappa shape index (κ2) is 11.1. The molecule has 2 amide bonds. The van der Waals surface area contributed by atoms with Crippen molar-refractivity contribution in [2.45, 2.75) is 39.7 Å². The Morgan fingerprint density at radius 1 is 0.833 bits per heavy atom. The van der Waals surface area contributed by atoms with Crippen LogP contribution in [0.1, 0.15) is 49.5 Å². The molecule has 0 saturated carbocycles. The molecule has 0 aliphatic carbocycles. The van der Waals surface area contributed by atoms with Gasteiger partial charge in [0.15, 0.2) is 6.10 Å². The largest absolute Gasteiger partial charge is 0.481 e. The third-order valence-electron chi connectivity index (χ3n) is 6.25. The van der Waals surface area contributed by atoms with Crippen molar-refractivity contribution in [2.75, 3.05) is 16.8 Å². The lowest BCUT2D eigenvalue weighted by Crippen LogP contribution is -2.31. The highest BCUT2D eigenvalue weighted by Gasteiger charge is 2.19. The number of amides is 2. The Bertz CT molecular complexity index is 1340. The average Bonchev–Trinajstić information content (AvgIpc) is 2.90. The van der Waals surface area contributed by atoms with Gasteiger partial charge in [-0.25, -0.2) is 0 Å². The van der Waals surface area contributed by atoms with Crippen molar-refractivity contribution < 1.29 is 14.3 Å². The molecule has 0 heterocycles. The minimum atomic E-state index is -0.668. The summed E-state index contributed by atoms with van der Waals surface area (Å²) in [6.45, 7) is 8.49. The lowest BCUT2D eigenvalue weighted by Gasteiger charge is -2.23. The van der Waals surface area contributed by atoms with Crippen LogP contribution in [0.2, 0.25) is 0 Å². The van der Waals surface area contributed by atoms with Crippen LogP contribution in [0.25, 0.3) is 10.8 Å². The second-order valence-electron chi connectivity index (χ2n) is 9.10. The van der Waals surface area contributed by atoms with Gasteiger partial charge in [-0.2, -0.15) is 0 Å². The maximum Gasteiger partial charge on any atom is 0.265 e. The number of benzene rings is 4. The number of nitrogens with one attached hydrogen (secondary N) is 1. The Kier molecular flexibility index (Phi) is 7.69. The summed E-state index contributed by atoms with van der Waals surface area (Å²) in [4.78, 5) is 27.8. The van der Waals surface area contributed by atoms with E-state index in [0.29, 0.717) is 29.5 Å². The first-order valence-corrected chi connectivity index (χ1v) is 12.3. The number of anilines is 2. The van der Waals surface area contributed by atoms with Crippen LogP contribution in [0.4, 0.5) is 11.4 Å². The van der Waals surface area contributed by atoms with Crippen molar-refractivity contribution in [2.24, 2.45) is 0 Å². The van der Waals surface area contributed by atoms with E-state index in [1.807, 2.05) is 73.7 Å². The van der Waals surface area contributed by atoms with Crippen molar-refractivity contribution in [1.29, 1.82) is 0 Å². The van der Waals surface area contributed by atoms with Crippen LogP contribution < -0.4 is 15.0 Å². The Balaban J connectivity index is 1.42. The number of hydrogen-bond acceptors (Lipinski definition) is 3. The number of rotatable bonds is 8. The van der Waals surface area contributed by atoms with Gasteiger partial charge in [0.25, 0.3) is 11.8 Å². The zero-order chi connectivity index (χ0) is 25.7. The molecular formula is C31H32N2O3. The molecule has 1 atom stereocenters. The fourth-order valence-corrected chi connectivity index (χ4v) is 4.15. The number of ether oxygens (including phenoxy) is 1. The van der Waals surface area contributed by atoms with Crippen LogP contribution in [-0.2, 0) is 4.79 Å². The van der Waals surface area contributed by atoms with E-state index in [9.17, 15) is 9.59 Å². The zero-order valence-electron chi connectivity index (χ0n) is 21.2. The van der Waals surface area contributed by atoms with Gasteiger partial charge in [-0.3, -0.25) is 9.59 Å². The van der Waals surface area contributed by atoms with E-state index in [-0.39, 0.29) is 11.8 Å². The van der Waals surface area contributed by atoms with E-state index < -0.39 is 6.10 Å². The molecule has 0 radical (unpaired) electrons. The normalized spacial score (nSPS) is 11.8. The van der Waals surface area contributed by atoms with Gasteiger partial charge in [0.1, 0.15) is 5.75 Å². The molecule has 36 heavy (non-hydrogen) atoms. The Labute approximate surface area is 212 Å². The van der Waals surface area contributed by atoms with Crippen LogP contribution in [-0.4, -0.2) is 24.5 Å². The number of hydrogen-bond donors (Lipinski definition) is 1. The Morgan fingerprint density at radius 3 is 2.17 bits per heavy atom. The predicted octanol–water partition coefficient (Wildman–Crippen LogP) is 7.04. The minimum Gasteiger partial charge on any atom is -0.481 e. The van der Waals surface area contributed by atoms with Crippen molar-refractivity contribution in [1.82, 2.24) is 0 Å². The van der Waals surface area contributed by atoms with E-state index in [2.05, 4.69) is 19.2 Å². The van der Waals surface area contributed by atoms with Crippen molar-refractivity contribution >= 4 is 34.0 Å². The molecule has 5 heteroatoms. The summed E-state index contributed by atoms with van der Waals surface area (Å²) in [6.07, 6.45) is -0.668. The molecule has 4 aromatic carbocycles. The van der Waals surface area contributed by atoms with Crippen LogP contribution >= 0.6 is 0 Å². The van der Waals surface area contributed by atoms with Gasteiger partial charge >= 0.3 is 0 Å². The molecule has 0 aliphatic rings. The van der Waals surface area contributed by atoms with Gasteiger partial charge in [-0.05, 0) is 73.2 Å². The predicted molar refractivity (Wildman–Crippen MR) is 147 cm³/mol. The second-order valence-corrected chi connectivity index (χ2v) is 9.10. The summed E-state index contributed by atoms with van der Waals surface area (Å²) < 4.78 is 5.80. The highest BCUT2D eigenvalue weighted by atomic mass is 16.5. The summed E-state index contributed by atoms with van der Waals surface area (Å²) in [7, 11) is 0. The number of carbonyl (C=O) groups is 2. The topological polar surface area (TPSA) is 58.6 Å². The fraction of sp³-hybridized carbons (Fsp3) is 0.226. The number of carbonyl (C=O) groups excluding carboxylic acids is 2. The van der Waals surface area contributed by atoms with Crippen molar-refractivity contribution in [3.05, 3.63) is 102 Å². The molecule has 0 fully saturated rings. The highest BCUT2D eigenvalue weighted by Crippen LogP contribution is 2.28. The molecular weight excluding hydrogens is 448 g/mol. The smallest absolute Gasteiger partial charge is 0.265 e. The quantitative estimate of drug-likeness (QED) is 0.294. The van der Waals surface area contributed by atoms with Crippen molar-refractivity contribution in [3.63, 3.8) is 0 Å². The summed E-state index contributed by atoms with van der Waals surface area (Å²) in [5.41, 5.74) is 3.26. The molecule has 5 nitrogen and oxygen atoms in total. The molecule has 1 N–H and O–H groups in total. The van der Waals surface area contributed by atoms with Gasteiger partial charge in [0.05, 0.1) is 5.69 Å². The molecule has 0 spiro atoms. The summed E-state index contributed by atoms with van der Waals surface area (Å²) in [5.74, 6) is 0.739. The summed E-state index contributed by atoms with van der Waals surface area (Å²) in [6, 6.07) is 28.8. The van der Waals surface area contributed by atoms with Crippen LogP contribution in [0, 0.1) is 0 Å². The summed E-state index contributed by atoms with van der Waals surface area (Å²) in [5, 5.41) is 4.99.